The van der Waals surface area contributed by atoms with Gasteiger partial charge < -0.3 is 9.26 Å². The lowest BCUT2D eigenvalue weighted by atomic mass is 10.1. The number of ether oxygens (including phenoxy) is 1. The number of nitrogens with zero attached hydrogens (tertiary/aromatic N) is 1. The van der Waals surface area contributed by atoms with E-state index in [2.05, 4.69) is 21.1 Å². The minimum atomic E-state index is 0.746. The van der Waals surface area contributed by atoms with E-state index in [9.17, 15) is 0 Å². The van der Waals surface area contributed by atoms with Crippen LogP contribution < -0.4 is 4.74 Å². The van der Waals surface area contributed by atoms with E-state index in [4.69, 9.17) is 9.26 Å². The zero-order valence-electron chi connectivity index (χ0n) is 8.45. The monoisotopic (exact) mass is 267 g/mol. The number of rotatable bonds is 2. The predicted molar refractivity (Wildman–Crippen MR) is 60.9 cm³/mol. The smallest absolute Gasteiger partial charge is 0.181 e. The maximum absolute atomic E-state index is 5.22. The molecule has 1 heterocycles. The molecule has 0 spiro atoms. The molecule has 0 aliphatic heterocycles. The fraction of sp³-hybridized carbons (Fsp3) is 0.182. The molecule has 15 heavy (non-hydrogen) atoms. The van der Waals surface area contributed by atoms with Crippen molar-refractivity contribution < 1.29 is 9.26 Å². The topological polar surface area (TPSA) is 35.3 Å². The summed E-state index contributed by atoms with van der Waals surface area (Å²) in [5.74, 6) is 1.57. The van der Waals surface area contributed by atoms with Crippen LogP contribution in [-0.2, 0) is 0 Å². The quantitative estimate of drug-likeness (QED) is 0.837. The highest BCUT2D eigenvalue weighted by molar-refractivity contribution is 9.10. The van der Waals surface area contributed by atoms with Crippen LogP contribution in [0.4, 0.5) is 0 Å². The molecule has 0 unspecified atom stereocenters. The molecule has 1 aromatic carbocycles. The molecule has 2 aromatic rings. The van der Waals surface area contributed by atoms with Gasteiger partial charge in [-0.3, -0.25) is 0 Å². The van der Waals surface area contributed by atoms with E-state index in [-0.39, 0.29) is 0 Å². The first-order valence-corrected chi connectivity index (χ1v) is 5.28. The largest absolute Gasteiger partial charge is 0.497 e. The lowest BCUT2D eigenvalue weighted by molar-refractivity contribution is 0.414. The second-order valence-corrected chi connectivity index (χ2v) is 3.93. The van der Waals surface area contributed by atoms with Crippen LogP contribution >= 0.6 is 15.9 Å². The molecule has 3 nitrogen and oxygen atoms in total. The summed E-state index contributed by atoms with van der Waals surface area (Å²) in [6, 6.07) is 7.65. The molecule has 0 radical (unpaired) electrons. The molecule has 0 saturated heterocycles. The molecule has 0 N–H and O–H groups in total. The van der Waals surface area contributed by atoms with Crippen LogP contribution in [0.25, 0.3) is 11.3 Å². The Kier molecular flexibility index (Phi) is 2.77. The summed E-state index contributed by atoms with van der Waals surface area (Å²) in [4.78, 5) is 0. The number of aromatic nitrogens is 1. The zero-order valence-corrected chi connectivity index (χ0v) is 10.0. The lowest BCUT2D eigenvalue weighted by Crippen LogP contribution is -1.82. The van der Waals surface area contributed by atoms with Gasteiger partial charge in [0.1, 0.15) is 5.75 Å². The molecule has 1 aromatic heterocycles. The average molecular weight is 268 g/mol. The first-order chi connectivity index (χ1) is 7.22. The summed E-state index contributed by atoms with van der Waals surface area (Å²) in [7, 11) is 1.64. The number of benzene rings is 1. The lowest BCUT2D eigenvalue weighted by Gasteiger charge is -2.00. The van der Waals surface area contributed by atoms with Crippen molar-refractivity contribution in [1.29, 1.82) is 0 Å². The fourth-order valence-electron chi connectivity index (χ4n) is 1.28. The molecule has 0 saturated carbocycles. The van der Waals surface area contributed by atoms with E-state index >= 15 is 0 Å². The molecular weight excluding hydrogens is 258 g/mol. The van der Waals surface area contributed by atoms with Crippen LogP contribution in [0.5, 0.6) is 5.75 Å². The van der Waals surface area contributed by atoms with E-state index in [0.29, 0.717) is 0 Å². The minimum Gasteiger partial charge on any atom is -0.497 e. The number of methoxy groups -OCH3 is 1. The third-order valence-corrected chi connectivity index (χ3v) is 3.08. The Hall–Kier alpha value is -1.29. The Morgan fingerprint density at radius 2 is 1.93 bits per heavy atom. The summed E-state index contributed by atoms with van der Waals surface area (Å²) in [5.41, 5.74) is 1.82. The van der Waals surface area contributed by atoms with Crippen molar-refractivity contribution >= 4 is 15.9 Å². The Morgan fingerprint density at radius 1 is 1.27 bits per heavy atom. The van der Waals surface area contributed by atoms with Crippen molar-refractivity contribution in [2.24, 2.45) is 0 Å². The van der Waals surface area contributed by atoms with Crippen LogP contribution in [0.15, 0.2) is 33.3 Å². The van der Waals surface area contributed by atoms with Crippen molar-refractivity contribution in [3.05, 3.63) is 34.4 Å². The highest BCUT2D eigenvalue weighted by atomic mass is 79.9. The van der Waals surface area contributed by atoms with E-state index in [1.165, 1.54) is 0 Å². The second kappa shape index (κ2) is 4.06. The molecule has 0 bridgehead atoms. The van der Waals surface area contributed by atoms with Gasteiger partial charge in [0, 0.05) is 5.56 Å². The van der Waals surface area contributed by atoms with Crippen molar-refractivity contribution in [2.45, 2.75) is 6.92 Å². The Labute approximate surface area is 96.2 Å². The molecule has 0 fully saturated rings. The first kappa shape index (κ1) is 10.2. The van der Waals surface area contributed by atoms with Gasteiger partial charge in [0.05, 0.1) is 17.3 Å². The second-order valence-electron chi connectivity index (χ2n) is 3.14. The summed E-state index contributed by atoms with van der Waals surface area (Å²) in [6.45, 7) is 1.89. The molecule has 0 aliphatic rings. The van der Waals surface area contributed by atoms with E-state index in [1.807, 2.05) is 31.2 Å². The minimum absolute atomic E-state index is 0.746. The average Bonchev–Trinajstić information content (AvgIpc) is 2.60. The summed E-state index contributed by atoms with van der Waals surface area (Å²) in [6.07, 6.45) is 0. The van der Waals surface area contributed by atoms with Crippen molar-refractivity contribution in [1.82, 2.24) is 5.16 Å². The van der Waals surface area contributed by atoms with Crippen LogP contribution in [0.2, 0.25) is 0 Å². The molecule has 4 heteroatoms. The maximum Gasteiger partial charge on any atom is 0.181 e. The van der Waals surface area contributed by atoms with Crippen LogP contribution in [0.3, 0.4) is 0 Å². The number of hydrogen-bond acceptors (Lipinski definition) is 3. The van der Waals surface area contributed by atoms with Crippen LogP contribution in [-0.4, -0.2) is 12.3 Å². The van der Waals surface area contributed by atoms with Crippen molar-refractivity contribution in [2.75, 3.05) is 7.11 Å². The predicted octanol–water partition coefficient (Wildman–Crippen LogP) is 3.42. The molecular formula is C11H10BrNO2. The highest BCUT2D eigenvalue weighted by Gasteiger charge is 2.11. The zero-order chi connectivity index (χ0) is 10.8. The van der Waals surface area contributed by atoms with Gasteiger partial charge in [-0.25, -0.2) is 0 Å². The SMILES string of the molecule is COc1ccc(-c2onc(C)c2Br)cc1. The number of aryl methyl sites for hydroxylation is 1. The van der Waals surface area contributed by atoms with E-state index in [1.54, 1.807) is 7.11 Å². The molecule has 0 aliphatic carbocycles. The third kappa shape index (κ3) is 1.90. The number of halogens is 1. The van der Waals surface area contributed by atoms with Gasteiger partial charge in [-0.2, -0.15) is 0 Å². The van der Waals surface area contributed by atoms with Gasteiger partial charge in [-0.1, -0.05) is 5.16 Å². The van der Waals surface area contributed by atoms with E-state index in [0.717, 1.165) is 27.2 Å². The number of hydrogen-bond donors (Lipinski definition) is 0. The van der Waals surface area contributed by atoms with Crippen LogP contribution in [0, 0.1) is 6.92 Å². The van der Waals surface area contributed by atoms with Gasteiger partial charge in [0.2, 0.25) is 0 Å². The van der Waals surface area contributed by atoms with Crippen LogP contribution in [0.1, 0.15) is 5.69 Å². The Bertz CT molecular complexity index is 462. The highest BCUT2D eigenvalue weighted by Crippen LogP contribution is 2.31. The van der Waals surface area contributed by atoms with Gasteiger partial charge >= 0.3 is 0 Å². The van der Waals surface area contributed by atoms with E-state index < -0.39 is 0 Å². The normalized spacial score (nSPS) is 10.3. The summed E-state index contributed by atoms with van der Waals surface area (Å²) >= 11 is 3.43. The molecule has 2 rings (SSSR count). The maximum atomic E-state index is 5.22. The van der Waals surface area contributed by atoms with Gasteiger partial charge in [0.15, 0.2) is 5.76 Å². The third-order valence-electron chi connectivity index (χ3n) is 2.14. The molecule has 0 amide bonds. The summed E-state index contributed by atoms with van der Waals surface area (Å²) in [5, 5.41) is 3.88. The molecule has 0 atom stereocenters. The molecule has 78 valence electrons. The standard InChI is InChI=1S/C11H10BrNO2/c1-7-10(12)11(15-13-7)8-3-5-9(14-2)6-4-8/h3-6H,1-2H3. The summed E-state index contributed by atoms with van der Waals surface area (Å²) < 4.78 is 11.2. The Morgan fingerprint density at radius 3 is 2.40 bits per heavy atom. The van der Waals surface area contributed by atoms with Gasteiger partial charge in [-0.15, -0.1) is 0 Å². The van der Waals surface area contributed by atoms with Crippen molar-refractivity contribution in [3.63, 3.8) is 0 Å². The van der Waals surface area contributed by atoms with Gasteiger partial charge in [0.25, 0.3) is 0 Å². The van der Waals surface area contributed by atoms with Gasteiger partial charge in [-0.05, 0) is 47.1 Å². The van der Waals surface area contributed by atoms with Crippen molar-refractivity contribution in [3.8, 4) is 17.1 Å². The Balaban J connectivity index is 2.41. The first-order valence-electron chi connectivity index (χ1n) is 4.48. The fourth-order valence-corrected chi connectivity index (χ4v) is 1.65.